The van der Waals surface area contributed by atoms with Crippen LogP contribution in [0.1, 0.15) is 31.5 Å². The molecule has 7 nitrogen and oxygen atoms in total. The number of nitrogens with zero attached hydrogens (tertiary/aromatic N) is 4. The molecule has 1 aliphatic heterocycles. The smallest absolute Gasteiger partial charge is 0.244 e. The minimum absolute atomic E-state index is 0.156. The standard InChI is InChI=1S/C16H21ClN4O3S/c1-12(2)16-19-18-15(24-16)11-20-7-9-21(10-8-20)25(22,23)14-6-4-3-5-13(14)17/h3-6,12H,7-11H2,1-2H3. The highest BCUT2D eigenvalue weighted by Gasteiger charge is 2.30. The Morgan fingerprint density at radius 2 is 1.84 bits per heavy atom. The molecule has 0 unspecified atom stereocenters. The van der Waals surface area contributed by atoms with Crippen LogP contribution in [-0.4, -0.2) is 54.0 Å². The molecule has 0 bridgehead atoms. The summed E-state index contributed by atoms with van der Waals surface area (Å²) in [4.78, 5) is 2.26. The summed E-state index contributed by atoms with van der Waals surface area (Å²) >= 11 is 6.05. The molecule has 25 heavy (non-hydrogen) atoms. The van der Waals surface area contributed by atoms with Gasteiger partial charge in [-0.15, -0.1) is 10.2 Å². The largest absolute Gasteiger partial charge is 0.424 e. The molecule has 1 aliphatic rings. The van der Waals surface area contributed by atoms with E-state index in [4.69, 9.17) is 16.0 Å². The lowest BCUT2D eigenvalue weighted by molar-refractivity contribution is 0.167. The lowest BCUT2D eigenvalue weighted by Gasteiger charge is -2.33. The third kappa shape index (κ3) is 4.03. The van der Waals surface area contributed by atoms with Crippen molar-refractivity contribution in [1.29, 1.82) is 0 Å². The van der Waals surface area contributed by atoms with Gasteiger partial charge in [0.05, 0.1) is 11.6 Å². The van der Waals surface area contributed by atoms with Crippen LogP contribution in [0, 0.1) is 0 Å². The van der Waals surface area contributed by atoms with E-state index in [-0.39, 0.29) is 15.8 Å². The fraction of sp³-hybridized carbons (Fsp3) is 0.500. The van der Waals surface area contributed by atoms with E-state index in [0.29, 0.717) is 44.5 Å². The lowest BCUT2D eigenvalue weighted by Crippen LogP contribution is -2.48. The molecular formula is C16H21ClN4O3S. The van der Waals surface area contributed by atoms with Gasteiger partial charge in [-0.25, -0.2) is 8.42 Å². The Hall–Kier alpha value is -1.48. The van der Waals surface area contributed by atoms with Crippen molar-refractivity contribution < 1.29 is 12.8 Å². The number of sulfonamides is 1. The quantitative estimate of drug-likeness (QED) is 0.787. The summed E-state index contributed by atoms with van der Waals surface area (Å²) in [7, 11) is -3.57. The lowest BCUT2D eigenvalue weighted by atomic mass is 10.2. The Morgan fingerprint density at radius 1 is 1.16 bits per heavy atom. The van der Waals surface area contributed by atoms with Crippen molar-refractivity contribution in [3.63, 3.8) is 0 Å². The summed E-state index contributed by atoms with van der Waals surface area (Å²) < 4.78 is 32.6. The van der Waals surface area contributed by atoms with E-state index < -0.39 is 10.0 Å². The highest BCUT2D eigenvalue weighted by molar-refractivity contribution is 7.89. The van der Waals surface area contributed by atoms with Crippen molar-refractivity contribution in [2.24, 2.45) is 0 Å². The van der Waals surface area contributed by atoms with Crippen LogP contribution in [0.5, 0.6) is 0 Å². The van der Waals surface area contributed by atoms with E-state index in [1.807, 2.05) is 13.8 Å². The van der Waals surface area contributed by atoms with E-state index >= 15 is 0 Å². The molecule has 0 amide bonds. The normalized spacial score (nSPS) is 17.3. The van der Waals surface area contributed by atoms with E-state index in [1.165, 1.54) is 10.4 Å². The summed E-state index contributed by atoms with van der Waals surface area (Å²) in [5.74, 6) is 1.37. The molecule has 2 aromatic rings. The zero-order valence-electron chi connectivity index (χ0n) is 14.2. The predicted octanol–water partition coefficient (Wildman–Crippen LogP) is 2.35. The second-order valence-electron chi connectivity index (χ2n) is 6.30. The fourth-order valence-corrected chi connectivity index (χ4v) is 4.59. The van der Waals surface area contributed by atoms with Crippen LogP contribution < -0.4 is 0 Å². The maximum absolute atomic E-state index is 12.7. The average Bonchev–Trinajstić information content (AvgIpc) is 3.04. The summed E-state index contributed by atoms with van der Waals surface area (Å²) in [6.45, 7) is 6.52. The number of hydrogen-bond acceptors (Lipinski definition) is 6. The summed E-state index contributed by atoms with van der Waals surface area (Å²) in [6.07, 6.45) is 0. The Morgan fingerprint density at radius 3 is 2.44 bits per heavy atom. The number of rotatable bonds is 5. The van der Waals surface area contributed by atoms with Crippen molar-refractivity contribution in [3.8, 4) is 0 Å². The predicted molar refractivity (Wildman–Crippen MR) is 93.9 cm³/mol. The highest BCUT2D eigenvalue weighted by Crippen LogP contribution is 2.25. The third-order valence-corrected chi connectivity index (χ3v) is 6.52. The molecule has 2 heterocycles. The molecule has 1 saturated heterocycles. The Balaban J connectivity index is 1.62. The van der Waals surface area contributed by atoms with Gasteiger partial charge in [-0.2, -0.15) is 4.31 Å². The van der Waals surface area contributed by atoms with Crippen LogP contribution in [-0.2, 0) is 16.6 Å². The minimum atomic E-state index is -3.57. The first-order chi connectivity index (χ1) is 11.9. The molecule has 1 aromatic heterocycles. The molecular weight excluding hydrogens is 364 g/mol. The molecule has 9 heteroatoms. The van der Waals surface area contributed by atoms with Crippen LogP contribution in [0.15, 0.2) is 33.6 Å². The van der Waals surface area contributed by atoms with Gasteiger partial charge in [0, 0.05) is 32.1 Å². The van der Waals surface area contributed by atoms with Gasteiger partial charge >= 0.3 is 0 Å². The maximum Gasteiger partial charge on any atom is 0.244 e. The second-order valence-corrected chi connectivity index (χ2v) is 8.61. The zero-order chi connectivity index (χ0) is 18.0. The van der Waals surface area contributed by atoms with Gasteiger partial charge in [-0.05, 0) is 12.1 Å². The molecule has 0 spiro atoms. The average molecular weight is 385 g/mol. The van der Waals surface area contributed by atoms with Crippen LogP contribution in [0.25, 0.3) is 0 Å². The van der Waals surface area contributed by atoms with Gasteiger partial charge in [0.1, 0.15) is 4.90 Å². The molecule has 0 aliphatic carbocycles. The van der Waals surface area contributed by atoms with E-state index in [9.17, 15) is 8.42 Å². The molecule has 0 radical (unpaired) electrons. The van der Waals surface area contributed by atoms with Gasteiger partial charge in [-0.1, -0.05) is 37.6 Å². The number of hydrogen-bond donors (Lipinski definition) is 0. The first-order valence-corrected chi connectivity index (χ1v) is 9.99. The van der Waals surface area contributed by atoms with Gasteiger partial charge in [0.25, 0.3) is 0 Å². The third-order valence-electron chi connectivity index (χ3n) is 4.12. The fourth-order valence-electron chi connectivity index (χ4n) is 2.68. The van der Waals surface area contributed by atoms with Gasteiger partial charge in [-0.3, -0.25) is 4.90 Å². The van der Waals surface area contributed by atoms with Crippen LogP contribution in [0.4, 0.5) is 0 Å². The highest BCUT2D eigenvalue weighted by atomic mass is 35.5. The van der Waals surface area contributed by atoms with Crippen molar-refractivity contribution in [3.05, 3.63) is 41.1 Å². The molecule has 0 N–H and O–H groups in total. The molecule has 136 valence electrons. The number of halogens is 1. The molecule has 1 aromatic carbocycles. The van der Waals surface area contributed by atoms with Gasteiger partial charge in [0.15, 0.2) is 0 Å². The minimum Gasteiger partial charge on any atom is -0.424 e. The second kappa shape index (κ2) is 7.41. The van der Waals surface area contributed by atoms with Crippen molar-refractivity contribution in [2.45, 2.75) is 31.2 Å². The molecule has 0 atom stereocenters. The van der Waals surface area contributed by atoms with Gasteiger partial charge < -0.3 is 4.42 Å². The first-order valence-electron chi connectivity index (χ1n) is 8.17. The van der Waals surface area contributed by atoms with Crippen molar-refractivity contribution >= 4 is 21.6 Å². The molecule has 3 rings (SSSR count). The van der Waals surface area contributed by atoms with Crippen LogP contribution in [0.3, 0.4) is 0 Å². The summed E-state index contributed by atoms with van der Waals surface area (Å²) in [5, 5.41) is 8.32. The zero-order valence-corrected chi connectivity index (χ0v) is 15.8. The molecule has 0 saturated carbocycles. The first kappa shape index (κ1) is 18.3. The van der Waals surface area contributed by atoms with Crippen molar-refractivity contribution in [2.75, 3.05) is 26.2 Å². The SMILES string of the molecule is CC(C)c1nnc(CN2CCN(S(=O)(=O)c3ccccc3Cl)CC2)o1. The topological polar surface area (TPSA) is 79.5 Å². The molecule has 1 fully saturated rings. The Labute approximate surface area is 152 Å². The van der Waals surface area contributed by atoms with E-state index in [0.717, 1.165) is 0 Å². The maximum atomic E-state index is 12.7. The van der Waals surface area contributed by atoms with Crippen molar-refractivity contribution in [1.82, 2.24) is 19.4 Å². The number of aromatic nitrogens is 2. The number of piperazine rings is 1. The van der Waals surface area contributed by atoms with Crippen LogP contribution in [0.2, 0.25) is 5.02 Å². The number of benzene rings is 1. The van der Waals surface area contributed by atoms with Crippen LogP contribution >= 0.6 is 11.6 Å². The Bertz CT molecular complexity index is 829. The Kier molecular flexibility index (Phi) is 5.43. The van der Waals surface area contributed by atoms with E-state index in [1.54, 1.807) is 18.2 Å². The van der Waals surface area contributed by atoms with Gasteiger partial charge in [0.2, 0.25) is 21.8 Å². The summed E-state index contributed by atoms with van der Waals surface area (Å²) in [5.41, 5.74) is 0. The van der Waals surface area contributed by atoms with E-state index in [2.05, 4.69) is 15.1 Å². The monoisotopic (exact) mass is 384 g/mol. The summed E-state index contributed by atoms with van der Waals surface area (Å²) in [6, 6.07) is 6.52.